The minimum Gasteiger partial charge on any atom is -0.364 e. The monoisotopic (exact) mass is 242 g/mol. The maximum Gasteiger partial charge on any atom is 0.246 e. The Labute approximate surface area is 104 Å². The van der Waals surface area contributed by atoms with E-state index in [1.165, 1.54) is 0 Å². The lowest BCUT2D eigenvalue weighted by molar-refractivity contribution is -0.136. The van der Waals surface area contributed by atoms with Gasteiger partial charge >= 0.3 is 0 Å². The highest BCUT2D eigenvalue weighted by Crippen LogP contribution is 2.33. The van der Waals surface area contributed by atoms with Crippen molar-refractivity contribution in [1.82, 2.24) is 5.32 Å². The first-order chi connectivity index (χ1) is 7.97. The number of ether oxygens (including phenoxy) is 1. The van der Waals surface area contributed by atoms with Crippen LogP contribution in [0, 0.1) is 5.92 Å². The standard InChI is InChI=1S/C13H26N2O2/c1-10(2)15-12(16)8-17-13(9-14)6-4-11(3)5-7-13/h10-11H,4-9,14H2,1-3H3,(H,15,16). The molecule has 1 saturated carbocycles. The van der Waals surface area contributed by atoms with Gasteiger partial charge in [-0.2, -0.15) is 0 Å². The van der Waals surface area contributed by atoms with E-state index in [4.69, 9.17) is 10.5 Å². The summed E-state index contributed by atoms with van der Waals surface area (Å²) < 4.78 is 5.79. The smallest absolute Gasteiger partial charge is 0.246 e. The minimum absolute atomic E-state index is 0.0496. The second-order valence-corrected chi connectivity index (χ2v) is 5.58. The molecule has 4 nitrogen and oxygen atoms in total. The zero-order valence-corrected chi connectivity index (χ0v) is 11.3. The van der Waals surface area contributed by atoms with Crippen LogP contribution in [0.1, 0.15) is 46.5 Å². The highest BCUT2D eigenvalue weighted by molar-refractivity contribution is 5.77. The van der Waals surface area contributed by atoms with Crippen LogP contribution in [0.2, 0.25) is 0 Å². The van der Waals surface area contributed by atoms with Crippen molar-refractivity contribution in [2.75, 3.05) is 13.2 Å². The van der Waals surface area contributed by atoms with Crippen LogP contribution in [0.3, 0.4) is 0 Å². The van der Waals surface area contributed by atoms with Crippen molar-refractivity contribution in [3.8, 4) is 0 Å². The molecule has 0 atom stereocenters. The van der Waals surface area contributed by atoms with Crippen molar-refractivity contribution in [3.05, 3.63) is 0 Å². The topological polar surface area (TPSA) is 64.3 Å². The maximum atomic E-state index is 11.5. The summed E-state index contributed by atoms with van der Waals surface area (Å²) in [5.74, 6) is 0.703. The first-order valence-corrected chi connectivity index (χ1v) is 6.61. The van der Waals surface area contributed by atoms with Gasteiger partial charge in [-0.25, -0.2) is 0 Å². The molecule has 0 bridgehead atoms. The normalized spacial score (nSPS) is 29.4. The Bertz CT molecular complexity index is 246. The molecule has 0 radical (unpaired) electrons. The van der Waals surface area contributed by atoms with Gasteiger partial charge in [0.25, 0.3) is 0 Å². The lowest BCUT2D eigenvalue weighted by Crippen LogP contribution is -2.46. The fourth-order valence-corrected chi connectivity index (χ4v) is 2.28. The molecule has 1 aliphatic carbocycles. The first-order valence-electron chi connectivity index (χ1n) is 6.61. The number of nitrogens with one attached hydrogen (secondary N) is 1. The third kappa shape index (κ3) is 4.64. The third-order valence-electron chi connectivity index (χ3n) is 3.52. The Morgan fingerprint density at radius 1 is 1.47 bits per heavy atom. The van der Waals surface area contributed by atoms with E-state index in [-0.39, 0.29) is 24.2 Å². The molecule has 17 heavy (non-hydrogen) atoms. The molecule has 0 spiro atoms. The fourth-order valence-electron chi connectivity index (χ4n) is 2.28. The van der Waals surface area contributed by atoms with E-state index in [2.05, 4.69) is 12.2 Å². The summed E-state index contributed by atoms with van der Waals surface area (Å²) in [5, 5.41) is 2.83. The van der Waals surface area contributed by atoms with Gasteiger partial charge in [-0.1, -0.05) is 6.92 Å². The average Bonchev–Trinajstić information content (AvgIpc) is 2.28. The summed E-state index contributed by atoms with van der Waals surface area (Å²) in [6, 6.07) is 0.159. The van der Waals surface area contributed by atoms with Gasteiger partial charge in [0, 0.05) is 12.6 Å². The van der Waals surface area contributed by atoms with Crippen LogP contribution >= 0.6 is 0 Å². The summed E-state index contributed by atoms with van der Waals surface area (Å²) in [4.78, 5) is 11.5. The molecule has 0 aliphatic heterocycles. The largest absolute Gasteiger partial charge is 0.364 e. The molecule has 0 aromatic carbocycles. The molecule has 1 rings (SSSR count). The lowest BCUT2D eigenvalue weighted by atomic mass is 9.79. The summed E-state index contributed by atoms with van der Waals surface area (Å²) in [6.45, 7) is 6.78. The van der Waals surface area contributed by atoms with Crippen molar-refractivity contribution in [2.45, 2.75) is 58.1 Å². The molecule has 0 saturated heterocycles. The average molecular weight is 242 g/mol. The van der Waals surface area contributed by atoms with Crippen LogP contribution in [0.4, 0.5) is 0 Å². The van der Waals surface area contributed by atoms with Gasteiger partial charge in [0.1, 0.15) is 6.61 Å². The Morgan fingerprint density at radius 3 is 2.53 bits per heavy atom. The van der Waals surface area contributed by atoms with Crippen LogP contribution in [-0.4, -0.2) is 30.7 Å². The predicted octanol–water partition coefficient (Wildman–Crippen LogP) is 1.44. The van der Waals surface area contributed by atoms with Gasteiger partial charge in [0.15, 0.2) is 0 Å². The maximum absolute atomic E-state index is 11.5. The van der Waals surface area contributed by atoms with E-state index in [1.54, 1.807) is 0 Å². The van der Waals surface area contributed by atoms with Crippen molar-refractivity contribution in [2.24, 2.45) is 11.7 Å². The number of rotatable bonds is 5. The molecule has 1 aliphatic rings. The number of carbonyl (C=O) groups is 1. The molecule has 1 amide bonds. The number of carbonyl (C=O) groups excluding carboxylic acids is 1. The van der Waals surface area contributed by atoms with Crippen LogP contribution in [0.5, 0.6) is 0 Å². The summed E-state index contributed by atoms with van der Waals surface area (Å²) in [7, 11) is 0. The van der Waals surface area contributed by atoms with Gasteiger partial charge in [-0.3, -0.25) is 4.79 Å². The van der Waals surface area contributed by atoms with E-state index in [0.717, 1.165) is 31.6 Å². The van der Waals surface area contributed by atoms with E-state index in [0.29, 0.717) is 6.54 Å². The summed E-state index contributed by atoms with van der Waals surface area (Å²) in [5.41, 5.74) is 5.55. The zero-order valence-electron chi connectivity index (χ0n) is 11.3. The molecule has 100 valence electrons. The summed E-state index contributed by atoms with van der Waals surface area (Å²) >= 11 is 0. The van der Waals surface area contributed by atoms with Crippen molar-refractivity contribution < 1.29 is 9.53 Å². The highest BCUT2D eigenvalue weighted by atomic mass is 16.5. The molecule has 0 aromatic heterocycles. The number of hydrogen-bond acceptors (Lipinski definition) is 3. The Kier molecular flexibility index (Phi) is 5.40. The third-order valence-corrected chi connectivity index (χ3v) is 3.52. The zero-order chi connectivity index (χ0) is 12.9. The molecule has 3 N–H and O–H groups in total. The Balaban J connectivity index is 2.39. The van der Waals surface area contributed by atoms with Crippen LogP contribution in [-0.2, 0) is 9.53 Å². The van der Waals surface area contributed by atoms with E-state index < -0.39 is 0 Å². The van der Waals surface area contributed by atoms with Gasteiger partial charge in [-0.05, 0) is 45.4 Å². The molecular formula is C13H26N2O2. The minimum atomic E-state index is -0.263. The molecular weight excluding hydrogens is 216 g/mol. The fraction of sp³-hybridized carbons (Fsp3) is 0.923. The van der Waals surface area contributed by atoms with E-state index >= 15 is 0 Å². The Hall–Kier alpha value is -0.610. The van der Waals surface area contributed by atoms with Crippen molar-refractivity contribution in [3.63, 3.8) is 0 Å². The van der Waals surface area contributed by atoms with Crippen molar-refractivity contribution >= 4 is 5.91 Å². The van der Waals surface area contributed by atoms with Gasteiger partial charge in [0.05, 0.1) is 5.60 Å². The second-order valence-electron chi connectivity index (χ2n) is 5.58. The first kappa shape index (κ1) is 14.5. The molecule has 0 aromatic rings. The van der Waals surface area contributed by atoms with Gasteiger partial charge in [-0.15, -0.1) is 0 Å². The molecule has 4 heteroatoms. The van der Waals surface area contributed by atoms with Gasteiger partial charge < -0.3 is 15.8 Å². The number of amides is 1. The lowest BCUT2D eigenvalue weighted by Gasteiger charge is -2.38. The predicted molar refractivity (Wildman–Crippen MR) is 68.6 cm³/mol. The SMILES string of the molecule is CC1CCC(CN)(OCC(=O)NC(C)C)CC1. The molecule has 0 heterocycles. The number of nitrogens with two attached hydrogens (primary N) is 1. The van der Waals surface area contributed by atoms with Gasteiger partial charge in [0.2, 0.25) is 5.91 Å². The molecule has 1 fully saturated rings. The van der Waals surface area contributed by atoms with E-state index in [1.807, 2.05) is 13.8 Å². The summed E-state index contributed by atoms with van der Waals surface area (Å²) in [6.07, 6.45) is 4.23. The van der Waals surface area contributed by atoms with Crippen molar-refractivity contribution in [1.29, 1.82) is 0 Å². The van der Waals surface area contributed by atoms with Crippen LogP contribution < -0.4 is 11.1 Å². The number of hydrogen-bond donors (Lipinski definition) is 2. The molecule has 0 unspecified atom stereocenters. The van der Waals surface area contributed by atoms with Crippen LogP contribution in [0.25, 0.3) is 0 Å². The quantitative estimate of drug-likeness (QED) is 0.766. The highest BCUT2D eigenvalue weighted by Gasteiger charge is 2.34. The van der Waals surface area contributed by atoms with E-state index in [9.17, 15) is 4.79 Å². The second kappa shape index (κ2) is 6.36. The van der Waals surface area contributed by atoms with Crippen LogP contribution in [0.15, 0.2) is 0 Å². The Morgan fingerprint density at radius 2 is 2.06 bits per heavy atom.